The summed E-state index contributed by atoms with van der Waals surface area (Å²) in [6.45, 7) is 6.31. The third kappa shape index (κ3) is 3.18. The van der Waals surface area contributed by atoms with Gasteiger partial charge in [-0.25, -0.2) is 0 Å². The van der Waals surface area contributed by atoms with Crippen LogP contribution in [0.25, 0.3) is 0 Å². The minimum absolute atomic E-state index is 0.304. The van der Waals surface area contributed by atoms with Crippen LogP contribution >= 0.6 is 22.6 Å². The number of rotatable bonds is 3. The minimum atomic E-state index is 0.304. The molecule has 1 rings (SSSR count). The molecule has 0 heterocycles. The second-order valence-electron chi connectivity index (χ2n) is 3.25. The Morgan fingerprint density at radius 1 is 1.46 bits per heavy atom. The van der Waals surface area contributed by atoms with Gasteiger partial charge in [0.2, 0.25) is 0 Å². The highest BCUT2D eigenvalue weighted by molar-refractivity contribution is 14.1. The average Bonchev–Trinajstić information content (AvgIpc) is 2.09. The molecule has 0 aromatic heterocycles. The molecule has 1 atom stereocenters. The Balaban J connectivity index is 2.77. The summed E-state index contributed by atoms with van der Waals surface area (Å²) in [5.41, 5.74) is 1.22. The number of aryl methyl sites for hydroxylation is 1. The maximum Gasteiger partial charge on any atom is 0.122 e. The van der Waals surface area contributed by atoms with Crippen LogP contribution in [0.1, 0.15) is 25.8 Å². The fourth-order valence-electron chi connectivity index (χ4n) is 1.05. The van der Waals surface area contributed by atoms with E-state index in [-0.39, 0.29) is 0 Å². The van der Waals surface area contributed by atoms with Gasteiger partial charge in [-0.1, -0.05) is 6.92 Å². The largest absolute Gasteiger partial charge is 0.490 e. The highest BCUT2D eigenvalue weighted by atomic mass is 127. The molecule has 0 bridgehead atoms. The first kappa shape index (κ1) is 10.8. The Morgan fingerprint density at radius 3 is 2.69 bits per heavy atom. The zero-order valence-electron chi connectivity index (χ0n) is 8.30. The lowest BCUT2D eigenvalue weighted by molar-refractivity contribution is 0.216. The molecule has 0 aliphatic carbocycles. The van der Waals surface area contributed by atoms with Gasteiger partial charge in [0.25, 0.3) is 0 Å². The zero-order chi connectivity index (χ0) is 9.84. The number of hydrogen-bond donors (Lipinski definition) is 0. The van der Waals surface area contributed by atoms with Crippen molar-refractivity contribution in [3.8, 4) is 5.75 Å². The molecule has 0 spiro atoms. The lowest BCUT2D eigenvalue weighted by Gasteiger charge is -2.14. The summed E-state index contributed by atoms with van der Waals surface area (Å²) in [5.74, 6) is 1.01. The van der Waals surface area contributed by atoms with Crippen LogP contribution in [-0.4, -0.2) is 6.10 Å². The zero-order valence-corrected chi connectivity index (χ0v) is 10.5. The first-order valence-electron chi connectivity index (χ1n) is 4.56. The highest BCUT2D eigenvalue weighted by Gasteiger charge is 2.03. The SMILES string of the molecule is CCC(C)Oc1ccc(I)cc1C. The van der Waals surface area contributed by atoms with E-state index in [2.05, 4.69) is 55.5 Å². The second-order valence-corrected chi connectivity index (χ2v) is 4.49. The molecule has 1 aromatic carbocycles. The van der Waals surface area contributed by atoms with E-state index < -0.39 is 0 Å². The van der Waals surface area contributed by atoms with Crippen molar-refractivity contribution < 1.29 is 4.74 Å². The molecule has 0 fully saturated rings. The van der Waals surface area contributed by atoms with Crippen LogP contribution in [0.3, 0.4) is 0 Å². The quantitative estimate of drug-likeness (QED) is 0.770. The summed E-state index contributed by atoms with van der Waals surface area (Å²) in [7, 11) is 0. The molecule has 1 unspecified atom stereocenters. The molecule has 72 valence electrons. The van der Waals surface area contributed by atoms with Crippen LogP contribution in [-0.2, 0) is 0 Å². The monoisotopic (exact) mass is 290 g/mol. The lowest BCUT2D eigenvalue weighted by Crippen LogP contribution is -2.10. The van der Waals surface area contributed by atoms with Crippen LogP contribution in [0, 0.1) is 10.5 Å². The fraction of sp³-hybridized carbons (Fsp3) is 0.455. The van der Waals surface area contributed by atoms with Crippen LogP contribution in [0.2, 0.25) is 0 Å². The van der Waals surface area contributed by atoms with Crippen LogP contribution in [0.15, 0.2) is 18.2 Å². The third-order valence-corrected chi connectivity index (χ3v) is 2.71. The van der Waals surface area contributed by atoms with Gasteiger partial charge in [-0.05, 0) is 66.6 Å². The first-order chi connectivity index (χ1) is 6.13. The van der Waals surface area contributed by atoms with Crippen LogP contribution in [0.4, 0.5) is 0 Å². The molecule has 2 heteroatoms. The summed E-state index contributed by atoms with van der Waals surface area (Å²) in [4.78, 5) is 0. The van der Waals surface area contributed by atoms with E-state index in [4.69, 9.17) is 4.74 Å². The molecular weight excluding hydrogens is 275 g/mol. The van der Waals surface area contributed by atoms with E-state index >= 15 is 0 Å². The number of halogens is 1. The van der Waals surface area contributed by atoms with Crippen molar-refractivity contribution in [1.29, 1.82) is 0 Å². The summed E-state index contributed by atoms with van der Waals surface area (Å²) < 4.78 is 7.00. The fourth-order valence-corrected chi connectivity index (χ4v) is 1.69. The van der Waals surface area contributed by atoms with Crippen LogP contribution < -0.4 is 4.74 Å². The number of ether oxygens (including phenoxy) is 1. The van der Waals surface area contributed by atoms with Crippen molar-refractivity contribution in [3.05, 3.63) is 27.3 Å². The Bertz CT molecular complexity index is 283. The van der Waals surface area contributed by atoms with Crippen molar-refractivity contribution in [2.24, 2.45) is 0 Å². The van der Waals surface area contributed by atoms with Gasteiger partial charge in [0.1, 0.15) is 5.75 Å². The van der Waals surface area contributed by atoms with Crippen molar-refractivity contribution in [1.82, 2.24) is 0 Å². The maximum absolute atomic E-state index is 5.75. The topological polar surface area (TPSA) is 9.23 Å². The Hall–Kier alpha value is -0.250. The highest BCUT2D eigenvalue weighted by Crippen LogP contribution is 2.21. The summed E-state index contributed by atoms with van der Waals surface area (Å²) in [6.07, 6.45) is 1.35. The molecule has 1 aromatic rings. The van der Waals surface area contributed by atoms with Gasteiger partial charge in [-0.3, -0.25) is 0 Å². The molecule has 13 heavy (non-hydrogen) atoms. The Morgan fingerprint density at radius 2 is 2.15 bits per heavy atom. The molecule has 0 saturated heterocycles. The average molecular weight is 290 g/mol. The van der Waals surface area contributed by atoms with E-state index in [1.54, 1.807) is 0 Å². The molecule has 0 aliphatic heterocycles. The van der Waals surface area contributed by atoms with Gasteiger partial charge in [0.05, 0.1) is 6.10 Å². The third-order valence-electron chi connectivity index (χ3n) is 2.04. The predicted molar refractivity (Wildman–Crippen MR) is 64.3 cm³/mol. The normalized spacial score (nSPS) is 12.6. The van der Waals surface area contributed by atoms with Crippen molar-refractivity contribution in [2.75, 3.05) is 0 Å². The van der Waals surface area contributed by atoms with E-state index in [1.165, 1.54) is 9.13 Å². The van der Waals surface area contributed by atoms with Gasteiger partial charge in [0, 0.05) is 3.57 Å². The van der Waals surface area contributed by atoms with Crippen LogP contribution in [0.5, 0.6) is 5.75 Å². The standard InChI is InChI=1S/C11H15IO/c1-4-9(3)13-11-6-5-10(12)7-8(11)2/h5-7,9H,4H2,1-3H3. The van der Waals surface area contributed by atoms with E-state index in [9.17, 15) is 0 Å². The Labute approximate surface area is 93.6 Å². The van der Waals surface area contributed by atoms with E-state index in [0.717, 1.165) is 12.2 Å². The molecule has 0 amide bonds. The maximum atomic E-state index is 5.75. The summed E-state index contributed by atoms with van der Waals surface area (Å²) >= 11 is 2.31. The van der Waals surface area contributed by atoms with Gasteiger partial charge in [-0.2, -0.15) is 0 Å². The molecule has 0 aliphatic rings. The van der Waals surface area contributed by atoms with Crippen molar-refractivity contribution in [2.45, 2.75) is 33.3 Å². The predicted octanol–water partition coefficient (Wildman–Crippen LogP) is 3.78. The Kier molecular flexibility index (Phi) is 4.03. The molecular formula is C11H15IO. The van der Waals surface area contributed by atoms with Gasteiger partial charge in [-0.15, -0.1) is 0 Å². The smallest absolute Gasteiger partial charge is 0.122 e. The second kappa shape index (κ2) is 4.84. The molecule has 0 radical (unpaired) electrons. The lowest BCUT2D eigenvalue weighted by atomic mass is 10.2. The summed E-state index contributed by atoms with van der Waals surface area (Å²) in [6, 6.07) is 6.26. The van der Waals surface area contributed by atoms with E-state index in [0.29, 0.717) is 6.10 Å². The van der Waals surface area contributed by atoms with Crippen molar-refractivity contribution >= 4 is 22.6 Å². The summed E-state index contributed by atoms with van der Waals surface area (Å²) in [5, 5.41) is 0. The van der Waals surface area contributed by atoms with Gasteiger partial charge < -0.3 is 4.74 Å². The van der Waals surface area contributed by atoms with Gasteiger partial charge in [0.15, 0.2) is 0 Å². The van der Waals surface area contributed by atoms with Crippen molar-refractivity contribution in [3.63, 3.8) is 0 Å². The molecule has 0 saturated carbocycles. The van der Waals surface area contributed by atoms with E-state index in [1.807, 2.05) is 6.07 Å². The molecule has 0 N–H and O–H groups in total. The number of benzene rings is 1. The molecule has 1 nitrogen and oxygen atoms in total. The minimum Gasteiger partial charge on any atom is -0.490 e. The first-order valence-corrected chi connectivity index (χ1v) is 5.64. The van der Waals surface area contributed by atoms with Gasteiger partial charge >= 0.3 is 0 Å². The number of hydrogen-bond acceptors (Lipinski definition) is 1.